The van der Waals surface area contributed by atoms with Gasteiger partial charge in [0, 0.05) is 12.1 Å². The number of nitrogens with zero attached hydrogens (tertiary/aromatic N) is 1. The fourth-order valence-corrected chi connectivity index (χ4v) is 3.81. The van der Waals surface area contributed by atoms with Gasteiger partial charge >= 0.3 is 5.63 Å². The Kier molecular flexibility index (Phi) is 3.62. The summed E-state index contributed by atoms with van der Waals surface area (Å²) in [5.74, 6) is -0.231. The topological polar surface area (TPSA) is 67.6 Å². The molecule has 128 valence electrons. The minimum absolute atomic E-state index is 0.0262. The average Bonchev–Trinajstić information content (AvgIpc) is 3.18. The second-order valence-electron chi connectivity index (χ2n) is 7.88. The van der Waals surface area contributed by atoms with E-state index in [-0.39, 0.29) is 30.0 Å². The first-order valence-corrected chi connectivity index (χ1v) is 8.99. The third-order valence-electron chi connectivity index (χ3n) is 5.90. The molecule has 3 aliphatic rings. The summed E-state index contributed by atoms with van der Waals surface area (Å²) in [5.41, 5.74) is 1.23. The lowest BCUT2D eigenvalue weighted by atomic mass is 9.87. The number of amides is 2. The predicted molar refractivity (Wildman–Crippen MR) is 87.8 cm³/mol. The molecule has 5 heteroatoms. The van der Waals surface area contributed by atoms with Crippen molar-refractivity contribution in [3.05, 3.63) is 33.4 Å². The smallest absolute Gasteiger partial charge is 0.336 e. The van der Waals surface area contributed by atoms with Crippen LogP contribution in [0.5, 0.6) is 0 Å². The molecule has 0 atom stereocenters. The van der Waals surface area contributed by atoms with Crippen LogP contribution in [0.25, 0.3) is 0 Å². The zero-order chi connectivity index (χ0) is 16.9. The number of aryl methyl sites for hydroxylation is 1. The first-order chi connectivity index (χ1) is 11.5. The summed E-state index contributed by atoms with van der Waals surface area (Å²) in [5, 5.41) is 0. The predicted octanol–water partition coefficient (Wildman–Crippen LogP) is 2.84. The maximum absolute atomic E-state index is 12.9. The van der Waals surface area contributed by atoms with E-state index in [0.717, 1.165) is 37.7 Å². The molecule has 1 aromatic rings. The zero-order valence-corrected chi connectivity index (χ0v) is 14.1. The van der Waals surface area contributed by atoms with Crippen molar-refractivity contribution in [3.8, 4) is 0 Å². The summed E-state index contributed by atoms with van der Waals surface area (Å²) in [6.07, 6.45) is 8.16. The van der Waals surface area contributed by atoms with E-state index in [2.05, 4.69) is 6.92 Å². The molecule has 0 spiro atoms. The van der Waals surface area contributed by atoms with Gasteiger partial charge in [-0.1, -0.05) is 6.92 Å². The number of imide groups is 1. The number of hydrogen-bond acceptors (Lipinski definition) is 4. The van der Waals surface area contributed by atoms with Crippen LogP contribution in [0.1, 0.15) is 73.6 Å². The van der Waals surface area contributed by atoms with Crippen LogP contribution in [0.15, 0.2) is 15.3 Å². The van der Waals surface area contributed by atoms with Gasteiger partial charge in [0.15, 0.2) is 0 Å². The lowest BCUT2D eigenvalue weighted by Crippen LogP contribution is -2.51. The van der Waals surface area contributed by atoms with Gasteiger partial charge < -0.3 is 4.42 Å². The van der Waals surface area contributed by atoms with Crippen LogP contribution in [0, 0.1) is 5.41 Å². The van der Waals surface area contributed by atoms with Crippen molar-refractivity contribution in [2.75, 3.05) is 0 Å². The molecule has 2 amide bonds. The monoisotopic (exact) mass is 329 g/mol. The molecule has 2 fully saturated rings. The highest BCUT2D eigenvalue weighted by atomic mass is 16.4. The van der Waals surface area contributed by atoms with E-state index in [1.807, 2.05) is 0 Å². The molecule has 0 N–H and O–H groups in total. The van der Waals surface area contributed by atoms with Crippen molar-refractivity contribution < 1.29 is 14.0 Å². The first-order valence-electron chi connectivity index (χ1n) is 8.99. The second-order valence-corrected chi connectivity index (χ2v) is 7.88. The summed E-state index contributed by atoms with van der Waals surface area (Å²) in [6, 6.07) is 1.48. The Balaban J connectivity index is 1.62. The minimum atomic E-state index is -0.459. The summed E-state index contributed by atoms with van der Waals surface area (Å²) in [6.45, 7) is 2.28. The minimum Gasteiger partial charge on any atom is -0.426 e. The molecule has 1 aromatic heterocycles. The number of fused-ring (bicyclic) bond motifs is 1. The van der Waals surface area contributed by atoms with Crippen LogP contribution < -0.4 is 5.63 Å². The summed E-state index contributed by atoms with van der Waals surface area (Å²) in [4.78, 5) is 38.5. The Morgan fingerprint density at radius 2 is 2.00 bits per heavy atom. The van der Waals surface area contributed by atoms with Crippen LogP contribution in [-0.4, -0.2) is 22.8 Å². The van der Waals surface area contributed by atoms with Gasteiger partial charge in [0.25, 0.3) is 5.91 Å². The second kappa shape index (κ2) is 5.57. The highest BCUT2D eigenvalue weighted by molar-refractivity contribution is 6.10. The van der Waals surface area contributed by atoms with Crippen LogP contribution in [0.2, 0.25) is 0 Å². The highest BCUT2D eigenvalue weighted by Crippen LogP contribution is 2.49. The zero-order valence-electron chi connectivity index (χ0n) is 14.1. The maximum atomic E-state index is 12.9. The Labute approximate surface area is 141 Å². The molecular weight excluding hydrogens is 306 g/mol. The van der Waals surface area contributed by atoms with E-state index in [1.54, 1.807) is 0 Å². The number of carbonyl (C=O) groups excluding carboxylic acids is 2. The molecule has 2 aliphatic carbocycles. The largest absolute Gasteiger partial charge is 0.426 e. The number of carbonyl (C=O) groups is 2. The fourth-order valence-electron chi connectivity index (χ4n) is 3.81. The highest BCUT2D eigenvalue weighted by Gasteiger charge is 2.41. The van der Waals surface area contributed by atoms with E-state index in [4.69, 9.17) is 4.42 Å². The van der Waals surface area contributed by atoms with E-state index < -0.39 is 5.63 Å². The van der Waals surface area contributed by atoms with Gasteiger partial charge in [-0.15, -0.1) is 0 Å². The van der Waals surface area contributed by atoms with E-state index in [1.165, 1.54) is 23.8 Å². The van der Waals surface area contributed by atoms with Crippen molar-refractivity contribution in [1.29, 1.82) is 0 Å². The normalized spacial score (nSPS) is 22.3. The molecule has 2 saturated carbocycles. The molecule has 1 aliphatic heterocycles. The van der Waals surface area contributed by atoms with E-state index >= 15 is 0 Å². The van der Waals surface area contributed by atoms with Gasteiger partial charge in [-0.25, -0.2) is 4.79 Å². The standard InChI is InChI=1S/C19H23NO4/c1-19(8-9-19)7-3-4-12-10-16(22)24-14-11-15(21)20(13-5-2-6-13)18(23)17(12)14/h10,13H,2-9,11H2,1H3. The Hall–Kier alpha value is -1.91. The number of rotatable bonds is 5. The van der Waals surface area contributed by atoms with Crippen LogP contribution in [0.3, 0.4) is 0 Å². The van der Waals surface area contributed by atoms with Crippen molar-refractivity contribution in [2.24, 2.45) is 5.41 Å². The summed E-state index contributed by atoms with van der Waals surface area (Å²) < 4.78 is 5.20. The molecule has 0 aromatic carbocycles. The molecule has 4 rings (SSSR count). The van der Waals surface area contributed by atoms with E-state index in [0.29, 0.717) is 17.4 Å². The third kappa shape index (κ3) is 2.70. The van der Waals surface area contributed by atoms with Crippen molar-refractivity contribution in [3.63, 3.8) is 0 Å². The molecule has 24 heavy (non-hydrogen) atoms. The quantitative estimate of drug-likeness (QED) is 0.779. The van der Waals surface area contributed by atoms with Gasteiger partial charge in [-0.2, -0.15) is 0 Å². The van der Waals surface area contributed by atoms with Crippen LogP contribution in [-0.2, 0) is 17.6 Å². The van der Waals surface area contributed by atoms with Gasteiger partial charge in [0.1, 0.15) is 5.76 Å². The van der Waals surface area contributed by atoms with Crippen molar-refractivity contribution >= 4 is 11.8 Å². The maximum Gasteiger partial charge on any atom is 0.336 e. The van der Waals surface area contributed by atoms with Crippen molar-refractivity contribution in [2.45, 2.75) is 70.8 Å². The number of hydrogen-bond donors (Lipinski definition) is 0. The lowest BCUT2D eigenvalue weighted by molar-refractivity contribution is -0.132. The van der Waals surface area contributed by atoms with Gasteiger partial charge in [0.05, 0.1) is 12.0 Å². The first kappa shape index (κ1) is 15.6. The van der Waals surface area contributed by atoms with Crippen LogP contribution in [0.4, 0.5) is 0 Å². The van der Waals surface area contributed by atoms with Gasteiger partial charge in [-0.3, -0.25) is 14.5 Å². The Morgan fingerprint density at radius 1 is 1.25 bits per heavy atom. The average molecular weight is 329 g/mol. The third-order valence-corrected chi connectivity index (χ3v) is 5.90. The summed E-state index contributed by atoms with van der Waals surface area (Å²) >= 11 is 0. The SMILES string of the molecule is CC1(CCCc2cc(=O)oc3c2C(=O)N(C2CCC2)C(=O)C3)CC1. The molecule has 2 heterocycles. The summed E-state index contributed by atoms with van der Waals surface area (Å²) in [7, 11) is 0. The molecule has 0 saturated heterocycles. The Bertz CT molecular complexity index is 755. The fraction of sp³-hybridized carbons (Fsp3) is 0.632. The lowest BCUT2D eigenvalue weighted by Gasteiger charge is -2.38. The van der Waals surface area contributed by atoms with Gasteiger partial charge in [0.2, 0.25) is 5.91 Å². The van der Waals surface area contributed by atoms with Crippen molar-refractivity contribution in [1.82, 2.24) is 4.90 Å². The van der Waals surface area contributed by atoms with Gasteiger partial charge in [-0.05, 0) is 62.3 Å². The van der Waals surface area contributed by atoms with Crippen LogP contribution >= 0.6 is 0 Å². The molecular formula is C19H23NO4. The Morgan fingerprint density at radius 3 is 2.62 bits per heavy atom. The van der Waals surface area contributed by atoms with E-state index in [9.17, 15) is 14.4 Å². The molecule has 0 radical (unpaired) electrons. The molecule has 5 nitrogen and oxygen atoms in total. The molecule has 0 bridgehead atoms. The molecule has 0 unspecified atom stereocenters.